The van der Waals surface area contributed by atoms with Crippen molar-refractivity contribution in [1.29, 1.82) is 0 Å². The van der Waals surface area contributed by atoms with Crippen LogP contribution >= 0.6 is 11.5 Å². The molecule has 0 aliphatic rings. The summed E-state index contributed by atoms with van der Waals surface area (Å²) in [6, 6.07) is 4.32. The number of rotatable bonds is 4. The summed E-state index contributed by atoms with van der Waals surface area (Å²) in [5, 5.41) is 12.6. The third kappa shape index (κ3) is 2.90. The Kier molecular flexibility index (Phi) is 3.80. The lowest BCUT2D eigenvalue weighted by atomic mass is 10.0. The number of hydrogen-bond acceptors (Lipinski definition) is 4. The van der Waals surface area contributed by atoms with Gasteiger partial charge in [-0.3, -0.25) is 4.79 Å². The second-order valence-corrected chi connectivity index (χ2v) is 5.45. The van der Waals surface area contributed by atoms with Gasteiger partial charge in [-0.15, -0.1) is 0 Å². The molecule has 0 aliphatic heterocycles. The highest BCUT2D eigenvalue weighted by Gasteiger charge is 2.23. The minimum Gasteiger partial charge on any atom is -0.480 e. The number of aromatic nitrogens is 1. The van der Waals surface area contributed by atoms with Crippen molar-refractivity contribution in [3.8, 4) is 0 Å². The molecule has 2 rings (SSSR count). The van der Waals surface area contributed by atoms with Crippen molar-refractivity contribution < 1.29 is 14.7 Å². The van der Waals surface area contributed by atoms with E-state index in [1.165, 1.54) is 11.5 Å². The van der Waals surface area contributed by atoms with Gasteiger partial charge in [-0.1, -0.05) is 19.9 Å². The summed E-state index contributed by atoms with van der Waals surface area (Å²) < 4.78 is 4.94. The Hall–Kier alpha value is -1.95. The molecule has 0 spiro atoms. The lowest BCUT2D eigenvalue weighted by Gasteiger charge is -2.17. The van der Waals surface area contributed by atoms with Crippen LogP contribution in [-0.4, -0.2) is 27.4 Å². The Morgan fingerprint density at radius 3 is 2.74 bits per heavy atom. The molecule has 1 aromatic heterocycles. The van der Waals surface area contributed by atoms with Gasteiger partial charge in [0.1, 0.15) is 6.04 Å². The number of nitrogens with zero attached hydrogens (tertiary/aromatic N) is 1. The molecule has 0 saturated carbocycles. The first-order valence-corrected chi connectivity index (χ1v) is 6.64. The van der Waals surface area contributed by atoms with E-state index < -0.39 is 12.0 Å². The molecular weight excluding hydrogens is 264 g/mol. The zero-order valence-corrected chi connectivity index (χ0v) is 11.4. The molecule has 0 saturated heterocycles. The number of fused-ring (bicyclic) bond motifs is 1. The van der Waals surface area contributed by atoms with Crippen molar-refractivity contribution in [1.82, 2.24) is 9.69 Å². The van der Waals surface area contributed by atoms with Crippen LogP contribution in [0.25, 0.3) is 10.1 Å². The van der Waals surface area contributed by atoms with E-state index in [0.29, 0.717) is 5.56 Å². The number of benzene rings is 1. The van der Waals surface area contributed by atoms with Gasteiger partial charge in [-0.2, -0.15) is 4.37 Å². The third-order valence-corrected chi connectivity index (χ3v) is 3.60. The van der Waals surface area contributed by atoms with Crippen molar-refractivity contribution in [2.75, 3.05) is 0 Å². The molecule has 0 radical (unpaired) electrons. The van der Waals surface area contributed by atoms with E-state index in [4.69, 9.17) is 5.11 Å². The largest absolute Gasteiger partial charge is 0.480 e. The molecule has 6 heteroatoms. The van der Waals surface area contributed by atoms with Crippen molar-refractivity contribution in [3.63, 3.8) is 0 Å². The van der Waals surface area contributed by atoms with Crippen LogP contribution in [-0.2, 0) is 4.79 Å². The Bertz CT molecular complexity index is 621. The molecule has 1 heterocycles. The molecule has 0 aliphatic carbocycles. The lowest BCUT2D eigenvalue weighted by Crippen LogP contribution is -2.44. The number of hydrogen-bond donors (Lipinski definition) is 2. The van der Waals surface area contributed by atoms with Gasteiger partial charge in [0.15, 0.2) is 0 Å². The molecule has 1 amide bonds. The SMILES string of the molecule is CC(C)[C@H](NC(=O)c1ccc2cnsc2c1)C(=O)O. The summed E-state index contributed by atoms with van der Waals surface area (Å²) in [4.78, 5) is 23.1. The van der Waals surface area contributed by atoms with Crippen LogP contribution in [0.1, 0.15) is 24.2 Å². The predicted octanol–water partition coefficient (Wildman–Crippen LogP) is 2.14. The molecule has 100 valence electrons. The van der Waals surface area contributed by atoms with E-state index in [1.54, 1.807) is 38.2 Å². The van der Waals surface area contributed by atoms with Gasteiger partial charge in [0.25, 0.3) is 5.91 Å². The van der Waals surface area contributed by atoms with Crippen LogP contribution in [0.15, 0.2) is 24.4 Å². The molecule has 0 bridgehead atoms. The van der Waals surface area contributed by atoms with Gasteiger partial charge in [0, 0.05) is 17.1 Å². The fourth-order valence-electron chi connectivity index (χ4n) is 1.74. The van der Waals surface area contributed by atoms with Crippen LogP contribution in [0.5, 0.6) is 0 Å². The third-order valence-electron chi connectivity index (χ3n) is 2.84. The van der Waals surface area contributed by atoms with Crippen molar-refractivity contribution in [3.05, 3.63) is 30.0 Å². The Morgan fingerprint density at radius 2 is 2.11 bits per heavy atom. The summed E-state index contributed by atoms with van der Waals surface area (Å²) in [5.74, 6) is -1.58. The summed E-state index contributed by atoms with van der Waals surface area (Å²) in [6.07, 6.45) is 1.73. The molecule has 5 nitrogen and oxygen atoms in total. The van der Waals surface area contributed by atoms with E-state index in [2.05, 4.69) is 9.69 Å². The molecule has 2 aromatic rings. The first-order chi connectivity index (χ1) is 8.99. The van der Waals surface area contributed by atoms with Crippen LogP contribution in [0.3, 0.4) is 0 Å². The van der Waals surface area contributed by atoms with Crippen LogP contribution in [0.2, 0.25) is 0 Å². The molecular formula is C13H14N2O3S. The van der Waals surface area contributed by atoms with Crippen LogP contribution in [0, 0.1) is 5.92 Å². The summed E-state index contributed by atoms with van der Waals surface area (Å²) in [7, 11) is 0. The highest BCUT2D eigenvalue weighted by Crippen LogP contribution is 2.19. The predicted molar refractivity (Wildman–Crippen MR) is 73.3 cm³/mol. The highest BCUT2D eigenvalue weighted by atomic mass is 32.1. The maximum atomic E-state index is 12.0. The fourth-order valence-corrected chi connectivity index (χ4v) is 2.43. The van der Waals surface area contributed by atoms with Gasteiger partial charge in [0.05, 0.1) is 4.70 Å². The number of carboxylic acid groups (broad SMARTS) is 1. The maximum Gasteiger partial charge on any atom is 0.326 e. The average molecular weight is 278 g/mol. The van der Waals surface area contributed by atoms with E-state index in [1.807, 2.05) is 0 Å². The fraction of sp³-hybridized carbons (Fsp3) is 0.308. The Morgan fingerprint density at radius 1 is 1.37 bits per heavy atom. The Balaban J connectivity index is 2.21. The maximum absolute atomic E-state index is 12.0. The normalized spacial score (nSPS) is 12.6. The zero-order valence-electron chi connectivity index (χ0n) is 10.6. The summed E-state index contributed by atoms with van der Waals surface area (Å²) >= 11 is 1.30. The average Bonchev–Trinajstić information content (AvgIpc) is 2.81. The Labute approximate surface area is 114 Å². The standard InChI is InChI=1S/C13H14N2O3S/c1-7(2)11(13(17)18)15-12(16)8-3-4-9-6-14-19-10(9)5-8/h3-7,11H,1-2H3,(H,15,16)(H,17,18)/t11-/m0/s1. The quantitative estimate of drug-likeness (QED) is 0.898. The number of aliphatic carboxylic acids is 1. The van der Waals surface area contributed by atoms with Gasteiger partial charge >= 0.3 is 5.97 Å². The van der Waals surface area contributed by atoms with Crippen molar-refractivity contribution in [2.24, 2.45) is 5.92 Å². The van der Waals surface area contributed by atoms with Crippen molar-refractivity contribution in [2.45, 2.75) is 19.9 Å². The number of carboxylic acids is 1. The van der Waals surface area contributed by atoms with Crippen LogP contribution < -0.4 is 5.32 Å². The molecule has 1 atom stereocenters. The van der Waals surface area contributed by atoms with Gasteiger partial charge < -0.3 is 10.4 Å². The summed E-state index contributed by atoms with van der Waals surface area (Å²) in [6.45, 7) is 3.51. The molecule has 0 fully saturated rings. The molecule has 1 aromatic carbocycles. The van der Waals surface area contributed by atoms with Gasteiger partial charge in [-0.25, -0.2) is 4.79 Å². The first kappa shape index (κ1) is 13.5. The van der Waals surface area contributed by atoms with E-state index >= 15 is 0 Å². The number of nitrogens with one attached hydrogen (secondary N) is 1. The van der Waals surface area contributed by atoms with E-state index in [0.717, 1.165) is 10.1 Å². The van der Waals surface area contributed by atoms with E-state index in [9.17, 15) is 9.59 Å². The van der Waals surface area contributed by atoms with Gasteiger partial charge in [-0.05, 0) is 29.6 Å². The molecule has 19 heavy (non-hydrogen) atoms. The van der Waals surface area contributed by atoms with Gasteiger partial charge in [0.2, 0.25) is 0 Å². The zero-order chi connectivity index (χ0) is 14.0. The number of carbonyl (C=O) groups is 2. The molecule has 0 unspecified atom stereocenters. The monoisotopic (exact) mass is 278 g/mol. The minimum absolute atomic E-state index is 0.173. The topological polar surface area (TPSA) is 79.3 Å². The minimum atomic E-state index is -1.03. The lowest BCUT2D eigenvalue weighted by molar-refractivity contribution is -0.140. The molecule has 2 N–H and O–H groups in total. The number of carbonyl (C=O) groups excluding carboxylic acids is 1. The van der Waals surface area contributed by atoms with E-state index in [-0.39, 0.29) is 11.8 Å². The van der Waals surface area contributed by atoms with Crippen molar-refractivity contribution >= 4 is 33.5 Å². The van der Waals surface area contributed by atoms with Crippen LogP contribution in [0.4, 0.5) is 0 Å². The number of amides is 1. The first-order valence-electron chi connectivity index (χ1n) is 5.87. The second kappa shape index (κ2) is 5.36. The second-order valence-electron chi connectivity index (χ2n) is 4.61. The summed E-state index contributed by atoms with van der Waals surface area (Å²) in [5.41, 5.74) is 0.448. The smallest absolute Gasteiger partial charge is 0.326 e. The highest BCUT2D eigenvalue weighted by molar-refractivity contribution is 7.13.